The van der Waals surface area contributed by atoms with Gasteiger partial charge in [-0.3, -0.25) is 0 Å². The number of benzene rings is 2. The molecule has 1 N–H and O–H groups in total. The number of carbonyl (C=O) groups excluding carboxylic acids is 1. The topological polar surface area (TPSA) is 41.6 Å². The molecule has 132 valence electrons. The van der Waals surface area contributed by atoms with E-state index in [2.05, 4.69) is 35.6 Å². The van der Waals surface area contributed by atoms with Gasteiger partial charge in [-0.05, 0) is 61.9 Å². The molecule has 2 amide bonds. The highest BCUT2D eigenvalue weighted by atomic mass is 16.5. The van der Waals surface area contributed by atoms with Crippen molar-refractivity contribution in [1.82, 2.24) is 4.90 Å². The molecule has 4 heteroatoms. The van der Waals surface area contributed by atoms with Gasteiger partial charge in [0.25, 0.3) is 0 Å². The van der Waals surface area contributed by atoms with Gasteiger partial charge in [0.2, 0.25) is 0 Å². The Morgan fingerprint density at radius 3 is 2.40 bits per heavy atom. The molecule has 1 aliphatic heterocycles. The third kappa shape index (κ3) is 4.99. The van der Waals surface area contributed by atoms with Crippen LogP contribution in [0.4, 0.5) is 10.5 Å². The molecule has 1 fully saturated rings. The lowest BCUT2D eigenvalue weighted by Crippen LogP contribution is -2.41. The summed E-state index contributed by atoms with van der Waals surface area (Å²) in [4.78, 5) is 14.3. The SMILES string of the molecule is CCOc1ccc(NC(=O)N2CCC(Cc3ccccc3)CC2)cc1. The molecular weight excluding hydrogens is 312 g/mol. The largest absolute Gasteiger partial charge is 0.494 e. The Bertz CT molecular complexity index is 662. The van der Waals surface area contributed by atoms with Gasteiger partial charge >= 0.3 is 6.03 Å². The molecule has 0 aliphatic carbocycles. The quantitative estimate of drug-likeness (QED) is 0.867. The summed E-state index contributed by atoms with van der Waals surface area (Å²) < 4.78 is 5.42. The fourth-order valence-corrected chi connectivity index (χ4v) is 3.29. The molecule has 2 aromatic carbocycles. The van der Waals surface area contributed by atoms with Crippen molar-refractivity contribution in [3.63, 3.8) is 0 Å². The first kappa shape index (κ1) is 17.3. The molecule has 3 rings (SSSR count). The summed E-state index contributed by atoms with van der Waals surface area (Å²) in [5.74, 6) is 1.49. The molecule has 1 aliphatic rings. The van der Waals surface area contributed by atoms with Crippen molar-refractivity contribution in [2.75, 3.05) is 25.0 Å². The number of carbonyl (C=O) groups is 1. The highest BCUT2D eigenvalue weighted by Gasteiger charge is 2.22. The molecule has 0 atom stereocenters. The molecule has 0 aromatic heterocycles. The second-order valence-corrected chi connectivity index (χ2v) is 6.51. The summed E-state index contributed by atoms with van der Waals surface area (Å²) in [6.45, 7) is 4.24. The average Bonchev–Trinajstić information content (AvgIpc) is 2.65. The molecule has 0 bridgehead atoms. The van der Waals surface area contributed by atoms with Crippen LogP contribution >= 0.6 is 0 Å². The van der Waals surface area contributed by atoms with Crippen LogP contribution in [0.1, 0.15) is 25.3 Å². The highest BCUT2D eigenvalue weighted by molar-refractivity contribution is 5.89. The maximum atomic E-state index is 12.4. The number of anilines is 1. The first-order valence-electron chi connectivity index (χ1n) is 9.07. The molecule has 25 heavy (non-hydrogen) atoms. The minimum Gasteiger partial charge on any atom is -0.494 e. The molecule has 0 spiro atoms. The number of amides is 2. The summed E-state index contributed by atoms with van der Waals surface area (Å²) in [6.07, 6.45) is 3.23. The van der Waals surface area contributed by atoms with Crippen LogP contribution < -0.4 is 10.1 Å². The van der Waals surface area contributed by atoms with Gasteiger partial charge < -0.3 is 15.0 Å². The van der Waals surface area contributed by atoms with Gasteiger partial charge in [-0.15, -0.1) is 0 Å². The van der Waals surface area contributed by atoms with E-state index < -0.39 is 0 Å². The summed E-state index contributed by atoms with van der Waals surface area (Å²) in [5, 5.41) is 2.98. The minimum atomic E-state index is -0.0117. The molecule has 4 nitrogen and oxygen atoms in total. The molecule has 0 radical (unpaired) electrons. The molecule has 2 aromatic rings. The number of urea groups is 1. The first-order chi connectivity index (χ1) is 12.2. The van der Waals surface area contributed by atoms with Crippen LogP contribution in [0.3, 0.4) is 0 Å². The molecule has 1 heterocycles. The summed E-state index contributed by atoms with van der Waals surface area (Å²) in [6, 6.07) is 18.1. The van der Waals surface area contributed by atoms with E-state index >= 15 is 0 Å². The summed E-state index contributed by atoms with van der Waals surface area (Å²) in [7, 11) is 0. The van der Waals surface area contributed by atoms with E-state index in [4.69, 9.17) is 4.74 Å². The van der Waals surface area contributed by atoms with Crippen molar-refractivity contribution in [3.8, 4) is 5.75 Å². The lowest BCUT2D eigenvalue weighted by Gasteiger charge is -2.32. The van der Waals surface area contributed by atoms with Crippen molar-refractivity contribution in [3.05, 3.63) is 60.2 Å². The van der Waals surface area contributed by atoms with Crippen molar-refractivity contribution in [1.29, 1.82) is 0 Å². The predicted molar refractivity (Wildman–Crippen MR) is 101 cm³/mol. The monoisotopic (exact) mass is 338 g/mol. The second kappa shape index (κ2) is 8.56. The number of likely N-dealkylation sites (tertiary alicyclic amines) is 1. The lowest BCUT2D eigenvalue weighted by atomic mass is 9.90. The van der Waals surface area contributed by atoms with Gasteiger partial charge in [0.15, 0.2) is 0 Å². The van der Waals surface area contributed by atoms with Gasteiger partial charge in [-0.25, -0.2) is 4.79 Å². The van der Waals surface area contributed by atoms with E-state index in [1.54, 1.807) is 0 Å². The van der Waals surface area contributed by atoms with Crippen LogP contribution in [0.15, 0.2) is 54.6 Å². The zero-order valence-electron chi connectivity index (χ0n) is 14.8. The molecule has 1 saturated heterocycles. The fraction of sp³-hybridized carbons (Fsp3) is 0.381. The Morgan fingerprint density at radius 2 is 1.76 bits per heavy atom. The number of ether oxygens (including phenoxy) is 1. The smallest absolute Gasteiger partial charge is 0.321 e. The summed E-state index contributed by atoms with van der Waals surface area (Å²) >= 11 is 0. The number of piperidine rings is 1. The van der Waals surface area contributed by atoms with E-state index in [0.29, 0.717) is 12.5 Å². The molecular formula is C21H26N2O2. The van der Waals surface area contributed by atoms with Crippen LogP contribution in [0.5, 0.6) is 5.75 Å². The van der Waals surface area contributed by atoms with Crippen LogP contribution in [-0.2, 0) is 6.42 Å². The molecule has 0 saturated carbocycles. The van der Waals surface area contributed by atoms with E-state index in [9.17, 15) is 4.79 Å². The van der Waals surface area contributed by atoms with E-state index in [-0.39, 0.29) is 6.03 Å². The van der Waals surface area contributed by atoms with Crippen molar-refractivity contribution < 1.29 is 9.53 Å². The third-order valence-electron chi connectivity index (χ3n) is 4.69. The van der Waals surface area contributed by atoms with Crippen LogP contribution in [0, 0.1) is 5.92 Å². The highest BCUT2D eigenvalue weighted by Crippen LogP contribution is 2.22. The van der Waals surface area contributed by atoms with Crippen LogP contribution in [0.25, 0.3) is 0 Å². The van der Waals surface area contributed by atoms with Crippen LogP contribution in [-0.4, -0.2) is 30.6 Å². The van der Waals surface area contributed by atoms with Gasteiger partial charge in [-0.1, -0.05) is 30.3 Å². The normalized spacial score (nSPS) is 15.0. The number of nitrogens with one attached hydrogen (secondary N) is 1. The lowest BCUT2D eigenvalue weighted by molar-refractivity contribution is 0.182. The number of rotatable bonds is 5. The number of nitrogens with zero attached hydrogens (tertiary/aromatic N) is 1. The van der Waals surface area contributed by atoms with E-state index in [1.165, 1.54) is 5.56 Å². The van der Waals surface area contributed by atoms with Gasteiger partial charge in [0, 0.05) is 18.8 Å². The van der Waals surface area contributed by atoms with Crippen LogP contribution in [0.2, 0.25) is 0 Å². The number of hydrogen-bond donors (Lipinski definition) is 1. The standard InChI is InChI=1S/C21H26N2O2/c1-2-25-20-10-8-19(9-11-20)22-21(24)23-14-12-18(13-15-23)16-17-6-4-3-5-7-17/h3-11,18H,2,12-16H2,1H3,(H,22,24). The van der Waals surface area contributed by atoms with E-state index in [0.717, 1.165) is 43.8 Å². The van der Waals surface area contributed by atoms with Gasteiger partial charge in [0.05, 0.1) is 6.61 Å². The van der Waals surface area contributed by atoms with Gasteiger partial charge in [-0.2, -0.15) is 0 Å². The fourth-order valence-electron chi connectivity index (χ4n) is 3.29. The Kier molecular flexibility index (Phi) is 5.94. The Balaban J connectivity index is 1.46. The minimum absolute atomic E-state index is 0.0117. The van der Waals surface area contributed by atoms with Gasteiger partial charge in [0.1, 0.15) is 5.75 Å². The van der Waals surface area contributed by atoms with Crippen molar-refractivity contribution in [2.45, 2.75) is 26.2 Å². The Hall–Kier alpha value is -2.49. The molecule has 0 unspecified atom stereocenters. The zero-order valence-corrected chi connectivity index (χ0v) is 14.8. The van der Waals surface area contributed by atoms with Crippen molar-refractivity contribution in [2.24, 2.45) is 5.92 Å². The third-order valence-corrected chi connectivity index (χ3v) is 4.69. The Morgan fingerprint density at radius 1 is 1.08 bits per heavy atom. The second-order valence-electron chi connectivity index (χ2n) is 6.51. The van der Waals surface area contributed by atoms with Crippen molar-refractivity contribution >= 4 is 11.7 Å². The maximum Gasteiger partial charge on any atom is 0.321 e. The zero-order chi connectivity index (χ0) is 17.5. The number of hydrogen-bond acceptors (Lipinski definition) is 2. The maximum absolute atomic E-state index is 12.4. The first-order valence-corrected chi connectivity index (χ1v) is 9.07. The Labute approximate surface area is 149 Å². The summed E-state index contributed by atoms with van der Waals surface area (Å²) in [5.41, 5.74) is 2.19. The predicted octanol–water partition coefficient (Wildman–Crippen LogP) is 4.57. The van der Waals surface area contributed by atoms with E-state index in [1.807, 2.05) is 36.1 Å². The average molecular weight is 338 g/mol.